The monoisotopic (exact) mass is 429 g/mol. The van der Waals surface area contributed by atoms with Gasteiger partial charge in [0.05, 0.1) is 17.9 Å². The number of hydrogen-bond donors (Lipinski definition) is 2. The molecule has 0 aromatic carbocycles. The molecule has 0 aliphatic carbocycles. The van der Waals surface area contributed by atoms with Gasteiger partial charge in [-0.2, -0.15) is 0 Å². The molecule has 0 saturated heterocycles. The smallest absolute Gasteiger partial charge is 0.191 e. The lowest BCUT2D eigenvalue weighted by atomic mass is 10.00. The van der Waals surface area contributed by atoms with Crippen LogP contribution in [0.3, 0.4) is 0 Å². The fourth-order valence-corrected chi connectivity index (χ4v) is 2.44. The molecule has 0 saturated carbocycles. The molecule has 0 radical (unpaired) electrons. The van der Waals surface area contributed by atoms with Crippen LogP contribution >= 0.6 is 24.0 Å². The van der Waals surface area contributed by atoms with E-state index in [9.17, 15) is 0 Å². The Bertz CT molecular complexity index is 607. The van der Waals surface area contributed by atoms with Gasteiger partial charge in [0.1, 0.15) is 5.76 Å². The van der Waals surface area contributed by atoms with Crippen molar-refractivity contribution in [3.8, 4) is 0 Å². The number of rotatable bonds is 5. The Kier molecular flexibility index (Phi) is 8.01. The Labute approximate surface area is 154 Å². The minimum Gasteiger partial charge on any atom is -0.361 e. The SMILES string of the molecule is CN=C(NCc1ccccn1)NCC(C)c1c(C)noc1C.I. The van der Waals surface area contributed by atoms with Gasteiger partial charge in [-0.3, -0.25) is 9.98 Å². The van der Waals surface area contributed by atoms with Gasteiger partial charge in [0.15, 0.2) is 5.96 Å². The van der Waals surface area contributed by atoms with Crippen LogP contribution in [-0.2, 0) is 6.54 Å². The summed E-state index contributed by atoms with van der Waals surface area (Å²) in [7, 11) is 1.76. The Morgan fingerprint density at radius 3 is 2.65 bits per heavy atom. The first-order valence-electron chi connectivity index (χ1n) is 7.39. The number of nitrogens with zero attached hydrogens (tertiary/aromatic N) is 3. The van der Waals surface area contributed by atoms with Crippen molar-refractivity contribution < 1.29 is 4.52 Å². The molecule has 0 aliphatic rings. The average Bonchev–Trinajstić information content (AvgIpc) is 2.87. The minimum absolute atomic E-state index is 0. The largest absolute Gasteiger partial charge is 0.361 e. The van der Waals surface area contributed by atoms with Gasteiger partial charge in [-0.15, -0.1) is 24.0 Å². The van der Waals surface area contributed by atoms with E-state index in [2.05, 4.69) is 32.7 Å². The number of guanidine groups is 1. The maximum Gasteiger partial charge on any atom is 0.191 e. The quantitative estimate of drug-likeness (QED) is 0.435. The third kappa shape index (κ3) is 5.49. The molecule has 0 bridgehead atoms. The Balaban J connectivity index is 0.00000264. The predicted octanol–water partition coefficient (Wildman–Crippen LogP) is 2.77. The second-order valence-electron chi connectivity index (χ2n) is 5.27. The maximum atomic E-state index is 5.22. The summed E-state index contributed by atoms with van der Waals surface area (Å²) < 4.78 is 5.22. The van der Waals surface area contributed by atoms with Crippen molar-refractivity contribution in [3.63, 3.8) is 0 Å². The number of aryl methyl sites for hydroxylation is 2. The molecule has 0 amide bonds. The van der Waals surface area contributed by atoms with E-state index in [4.69, 9.17) is 4.52 Å². The van der Waals surface area contributed by atoms with E-state index in [0.717, 1.165) is 35.2 Å². The number of nitrogens with one attached hydrogen (secondary N) is 2. The van der Waals surface area contributed by atoms with Crippen molar-refractivity contribution >= 4 is 29.9 Å². The highest BCUT2D eigenvalue weighted by Gasteiger charge is 2.16. The summed E-state index contributed by atoms with van der Waals surface area (Å²) in [6.45, 7) is 7.45. The Morgan fingerprint density at radius 2 is 2.09 bits per heavy atom. The van der Waals surface area contributed by atoms with Gasteiger partial charge in [-0.05, 0) is 26.0 Å². The van der Waals surface area contributed by atoms with Crippen molar-refractivity contribution in [2.24, 2.45) is 4.99 Å². The molecule has 2 aromatic heterocycles. The van der Waals surface area contributed by atoms with Crippen molar-refractivity contribution in [1.82, 2.24) is 20.8 Å². The van der Waals surface area contributed by atoms with Gasteiger partial charge in [-0.25, -0.2) is 0 Å². The first kappa shape index (κ1) is 19.4. The molecule has 2 rings (SSSR count). The van der Waals surface area contributed by atoms with Crippen LogP contribution in [0.4, 0.5) is 0 Å². The zero-order valence-electron chi connectivity index (χ0n) is 14.0. The highest BCUT2D eigenvalue weighted by molar-refractivity contribution is 14.0. The minimum atomic E-state index is 0. The molecular formula is C16H24IN5O. The fourth-order valence-electron chi connectivity index (χ4n) is 2.44. The maximum absolute atomic E-state index is 5.22. The molecule has 1 unspecified atom stereocenters. The van der Waals surface area contributed by atoms with Crippen LogP contribution in [0.2, 0.25) is 0 Å². The molecular weight excluding hydrogens is 405 g/mol. The van der Waals surface area contributed by atoms with Crippen molar-refractivity contribution in [2.45, 2.75) is 33.2 Å². The summed E-state index contributed by atoms with van der Waals surface area (Å²) >= 11 is 0. The summed E-state index contributed by atoms with van der Waals surface area (Å²) in [6, 6.07) is 5.86. The van der Waals surface area contributed by atoms with E-state index >= 15 is 0 Å². The molecule has 7 heteroatoms. The lowest BCUT2D eigenvalue weighted by molar-refractivity contribution is 0.391. The van der Waals surface area contributed by atoms with Crippen LogP contribution < -0.4 is 10.6 Å². The average molecular weight is 429 g/mol. The first-order chi connectivity index (χ1) is 10.6. The van der Waals surface area contributed by atoms with Gasteiger partial charge in [0.2, 0.25) is 0 Å². The molecule has 1 atom stereocenters. The molecule has 0 fully saturated rings. The van der Waals surface area contributed by atoms with Gasteiger partial charge in [0, 0.05) is 31.3 Å². The summed E-state index contributed by atoms with van der Waals surface area (Å²) in [6.07, 6.45) is 1.78. The van der Waals surface area contributed by atoms with Crippen LogP contribution in [0.25, 0.3) is 0 Å². The van der Waals surface area contributed by atoms with Gasteiger partial charge < -0.3 is 15.2 Å². The molecule has 2 N–H and O–H groups in total. The van der Waals surface area contributed by atoms with E-state index in [1.165, 1.54) is 0 Å². The highest BCUT2D eigenvalue weighted by atomic mass is 127. The Hall–Kier alpha value is -1.64. The van der Waals surface area contributed by atoms with E-state index in [1.807, 2.05) is 32.0 Å². The number of aromatic nitrogens is 2. The molecule has 0 aliphatic heterocycles. The lowest BCUT2D eigenvalue weighted by Crippen LogP contribution is -2.38. The topological polar surface area (TPSA) is 75.3 Å². The summed E-state index contributed by atoms with van der Waals surface area (Å²) in [5, 5.41) is 10.6. The lowest BCUT2D eigenvalue weighted by Gasteiger charge is -2.16. The number of aliphatic imine (C=N–C) groups is 1. The number of hydrogen-bond acceptors (Lipinski definition) is 4. The number of pyridine rings is 1. The molecule has 6 nitrogen and oxygen atoms in total. The van der Waals surface area contributed by atoms with Crippen LogP contribution in [0, 0.1) is 13.8 Å². The second-order valence-corrected chi connectivity index (χ2v) is 5.27. The highest BCUT2D eigenvalue weighted by Crippen LogP contribution is 2.22. The van der Waals surface area contributed by atoms with Crippen LogP contribution in [-0.4, -0.2) is 29.7 Å². The third-order valence-electron chi connectivity index (χ3n) is 3.54. The van der Waals surface area contributed by atoms with Crippen LogP contribution in [0.5, 0.6) is 0 Å². The van der Waals surface area contributed by atoms with Gasteiger partial charge >= 0.3 is 0 Å². The molecule has 2 aromatic rings. The zero-order chi connectivity index (χ0) is 15.9. The van der Waals surface area contributed by atoms with Crippen LogP contribution in [0.15, 0.2) is 33.9 Å². The van der Waals surface area contributed by atoms with E-state index < -0.39 is 0 Å². The van der Waals surface area contributed by atoms with E-state index in [0.29, 0.717) is 12.5 Å². The fraction of sp³-hybridized carbons (Fsp3) is 0.438. The van der Waals surface area contributed by atoms with Crippen molar-refractivity contribution in [1.29, 1.82) is 0 Å². The third-order valence-corrected chi connectivity index (χ3v) is 3.54. The van der Waals surface area contributed by atoms with Crippen molar-refractivity contribution in [3.05, 3.63) is 47.1 Å². The van der Waals surface area contributed by atoms with E-state index in [-0.39, 0.29) is 24.0 Å². The molecule has 23 heavy (non-hydrogen) atoms. The molecule has 0 spiro atoms. The predicted molar refractivity (Wildman–Crippen MR) is 102 cm³/mol. The summed E-state index contributed by atoms with van der Waals surface area (Å²) in [5.74, 6) is 1.92. The second kappa shape index (κ2) is 9.49. The van der Waals surface area contributed by atoms with Gasteiger partial charge in [0.25, 0.3) is 0 Å². The molecule has 126 valence electrons. The Morgan fingerprint density at radius 1 is 1.30 bits per heavy atom. The standard InChI is InChI=1S/C16H23N5O.HI/c1-11(15-12(2)21-22-13(15)3)9-19-16(17-4)20-10-14-7-5-6-8-18-14;/h5-8,11H,9-10H2,1-4H3,(H2,17,19,20);1H. The normalized spacial score (nSPS) is 12.4. The van der Waals surface area contributed by atoms with Crippen molar-refractivity contribution in [2.75, 3.05) is 13.6 Å². The number of halogens is 1. The van der Waals surface area contributed by atoms with E-state index in [1.54, 1.807) is 13.2 Å². The van der Waals surface area contributed by atoms with Crippen LogP contribution in [0.1, 0.15) is 35.6 Å². The molecule has 2 heterocycles. The summed E-state index contributed by atoms with van der Waals surface area (Å²) in [4.78, 5) is 8.51. The first-order valence-corrected chi connectivity index (χ1v) is 7.39. The summed E-state index contributed by atoms with van der Waals surface area (Å²) in [5.41, 5.74) is 3.08. The van der Waals surface area contributed by atoms with Gasteiger partial charge in [-0.1, -0.05) is 18.1 Å². The zero-order valence-corrected chi connectivity index (χ0v) is 16.3.